The summed E-state index contributed by atoms with van der Waals surface area (Å²) < 4.78 is 1.91. The Hall–Kier alpha value is -0.540. The van der Waals surface area contributed by atoms with Crippen molar-refractivity contribution in [2.75, 3.05) is 13.1 Å². The normalized spacial score (nSPS) is 13.1. The minimum atomic E-state index is 0.263. The van der Waals surface area contributed by atoms with Crippen LogP contribution < -0.4 is 5.32 Å². The van der Waals surface area contributed by atoms with Crippen LogP contribution in [0, 0.1) is 0 Å². The summed E-state index contributed by atoms with van der Waals surface area (Å²) in [6.45, 7) is 4.00. The summed E-state index contributed by atoms with van der Waals surface area (Å²) in [5, 5.41) is 7.73. The second-order valence-electron chi connectivity index (χ2n) is 3.52. The van der Waals surface area contributed by atoms with E-state index in [1.807, 2.05) is 30.9 Å². The van der Waals surface area contributed by atoms with Gasteiger partial charge in [0, 0.05) is 37.3 Å². The van der Waals surface area contributed by atoms with Crippen LogP contribution in [0.15, 0.2) is 12.3 Å². The summed E-state index contributed by atoms with van der Waals surface area (Å²) in [5.41, 5.74) is 1.26. The van der Waals surface area contributed by atoms with Crippen molar-refractivity contribution >= 4 is 11.6 Å². The fourth-order valence-electron chi connectivity index (χ4n) is 1.29. The van der Waals surface area contributed by atoms with Crippen molar-refractivity contribution in [3.63, 3.8) is 0 Å². The van der Waals surface area contributed by atoms with Gasteiger partial charge in [-0.1, -0.05) is 0 Å². The Kier molecular flexibility index (Phi) is 4.98. The van der Waals surface area contributed by atoms with Crippen LogP contribution in [0.3, 0.4) is 0 Å². The second kappa shape index (κ2) is 6.04. The molecule has 1 aromatic heterocycles. The molecule has 1 N–H and O–H groups in total. The highest BCUT2D eigenvalue weighted by molar-refractivity contribution is 6.20. The first-order chi connectivity index (χ1) is 6.70. The first-order valence-electron chi connectivity index (χ1n) is 5.02. The predicted octanol–water partition coefficient (Wildman–Crippen LogP) is 1.57. The molecular formula is C10H18ClN3. The van der Waals surface area contributed by atoms with Crippen LogP contribution in [0.25, 0.3) is 0 Å². The summed E-state index contributed by atoms with van der Waals surface area (Å²) in [7, 11) is 1.97. The summed E-state index contributed by atoms with van der Waals surface area (Å²) >= 11 is 5.83. The van der Waals surface area contributed by atoms with E-state index in [0.29, 0.717) is 0 Å². The number of rotatable bonds is 6. The maximum absolute atomic E-state index is 5.83. The summed E-state index contributed by atoms with van der Waals surface area (Å²) in [6.07, 6.45) is 3.87. The van der Waals surface area contributed by atoms with Gasteiger partial charge in [0.2, 0.25) is 0 Å². The number of nitrogens with one attached hydrogen (secondary N) is 1. The lowest BCUT2D eigenvalue weighted by Gasteiger charge is -2.05. The number of alkyl halides is 1. The highest BCUT2D eigenvalue weighted by Crippen LogP contribution is 1.98. The molecule has 0 amide bonds. The molecule has 4 heteroatoms. The minimum Gasteiger partial charge on any atom is -0.316 e. The Labute approximate surface area is 90.4 Å². The molecule has 0 radical (unpaired) electrons. The minimum absolute atomic E-state index is 0.263. The van der Waals surface area contributed by atoms with Crippen molar-refractivity contribution in [3.8, 4) is 0 Å². The average Bonchev–Trinajstić information content (AvgIpc) is 2.51. The number of aryl methyl sites for hydroxylation is 1. The number of nitrogens with zero attached hydrogens (tertiary/aromatic N) is 2. The van der Waals surface area contributed by atoms with Crippen LogP contribution in [-0.4, -0.2) is 28.2 Å². The SMILES string of the molecule is CC(Cl)CCNCCc1ccnn1C. The molecule has 0 bridgehead atoms. The third-order valence-electron chi connectivity index (χ3n) is 2.20. The van der Waals surface area contributed by atoms with Crippen molar-refractivity contribution in [1.82, 2.24) is 15.1 Å². The van der Waals surface area contributed by atoms with Gasteiger partial charge in [-0.15, -0.1) is 11.6 Å². The van der Waals surface area contributed by atoms with Gasteiger partial charge in [-0.25, -0.2) is 0 Å². The molecule has 1 rings (SSSR count). The van der Waals surface area contributed by atoms with Crippen molar-refractivity contribution < 1.29 is 0 Å². The smallest absolute Gasteiger partial charge is 0.0492 e. The van der Waals surface area contributed by atoms with Gasteiger partial charge in [0.15, 0.2) is 0 Å². The molecule has 1 unspecified atom stereocenters. The molecule has 14 heavy (non-hydrogen) atoms. The fraction of sp³-hybridized carbons (Fsp3) is 0.700. The molecule has 0 aromatic carbocycles. The number of hydrogen-bond acceptors (Lipinski definition) is 2. The van der Waals surface area contributed by atoms with Crippen molar-refractivity contribution in [2.45, 2.75) is 25.1 Å². The zero-order valence-corrected chi connectivity index (χ0v) is 9.59. The van der Waals surface area contributed by atoms with Gasteiger partial charge in [-0.2, -0.15) is 5.10 Å². The van der Waals surface area contributed by atoms with Gasteiger partial charge in [-0.05, 0) is 26.0 Å². The molecule has 0 saturated carbocycles. The third-order valence-corrected chi connectivity index (χ3v) is 2.42. The average molecular weight is 216 g/mol. The second-order valence-corrected chi connectivity index (χ2v) is 4.26. The van der Waals surface area contributed by atoms with Crippen molar-refractivity contribution in [3.05, 3.63) is 18.0 Å². The van der Waals surface area contributed by atoms with Gasteiger partial charge >= 0.3 is 0 Å². The van der Waals surface area contributed by atoms with Gasteiger partial charge in [0.25, 0.3) is 0 Å². The van der Waals surface area contributed by atoms with E-state index >= 15 is 0 Å². The Morgan fingerprint density at radius 1 is 1.57 bits per heavy atom. The molecule has 1 heterocycles. The molecule has 0 aliphatic carbocycles. The number of aromatic nitrogens is 2. The van der Waals surface area contributed by atoms with Gasteiger partial charge in [0.1, 0.15) is 0 Å². The first-order valence-corrected chi connectivity index (χ1v) is 5.45. The largest absolute Gasteiger partial charge is 0.316 e. The fourth-order valence-corrected chi connectivity index (χ4v) is 1.40. The zero-order valence-electron chi connectivity index (χ0n) is 8.83. The lowest BCUT2D eigenvalue weighted by atomic mass is 10.3. The third kappa shape index (κ3) is 4.11. The van der Waals surface area contributed by atoms with Crippen LogP contribution in [0.1, 0.15) is 19.0 Å². The van der Waals surface area contributed by atoms with E-state index in [9.17, 15) is 0 Å². The monoisotopic (exact) mass is 215 g/mol. The Bertz CT molecular complexity index is 258. The van der Waals surface area contributed by atoms with Crippen LogP contribution in [0.2, 0.25) is 0 Å². The van der Waals surface area contributed by atoms with Crippen LogP contribution in [0.4, 0.5) is 0 Å². The molecule has 3 nitrogen and oxygen atoms in total. The van der Waals surface area contributed by atoms with Crippen molar-refractivity contribution in [1.29, 1.82) is 0 Å². The summed E-state index contributed by atoms with van der Waals surface area (Å²) in [5.74, 6) is 0. The topological polar surface area (TPSA) is 29.9 Å². The van der Waals surface area contributed by atoms with E-state index in [1.54, 1.807) is 0 Å². The first kappa shape index (κ1) is 11.5. The summed E-state index contributed by atoms with van der Waals surface area (Å²) in [4.78, 5) is 0. The highest BCUT2D eigenvalue weighted by Gasteiger charge is 1.98. The molecule has 0 saturated heterocycles. The number of halogens is 1. The van der Waals surface area contributed by atoms with E-state index in [4.69, 9.17) is 11.6 Å². The molecule has 0 aliphatic heterocycles. The molecule has 1 atom stereocenters. The zero-order chi connectivity index (χ0) is 10.4. The van der Waals surface area contributed by atoms with Gasteiger partial charge in [0.05, 0.1) is 0 Å². The van der Waals surface area contributed by atoms with Gasteiger partial charge in [-0.3, -0.25) is 4.68 Å². The molecule has 1 aromatic rings. The van der Waals surface area contributed by atoms with E-state index in [-0.39, 0.29) is 5.38 Å². The quantitative estimate of drug-likeness (QED) is 0.577. The molecular weight excluding hydrogens is 198 g/mol. The van der Waals surface area contributed by atoms with E-state index in [1.165, 1.54) is 5.69 Å². The maximum atomic E-state index is 5.83. The lowest BCUT2D eigenvalue weighted by Crippen LogP contribution is -2.21. The standard InChI is InChI=1S/C10H18ClN3/c1-9(11)3-6-12-7-4-10-5-8-13-14(10)2/h5,8-9,12H,3-4,6-7H2,1-2H3. The molecule has 0 fully saturated rings. The van der Waals surface area contributed by atoms with Crippen molar-refractivity contribution in [2.24, 2.45) is 7.05 Å². The molecule has 0 spiro atoms. The van der Waals surface area contributed by atoms with E-state index < -0.39 is 0 Å². The summed E-state index contributed by atoms with van der Waals surface area (Å²) in [6, 6.07) is 2.05. The Balaban J connectivity index is 2.08. The number of hydrogen-bond donors (Lipinski definition) is 1. The van der Waals surface area contributed by atoms with E-state index in [0.717, 1.165) is 25.9 Å². The Morgan fingerprint density at radius 2 is 2.36 bits per heavy atom. The van der Waals surface area contributed by atoms with Gasteiger partial charge < -0.3 is 5.32 Å². The maximum Gasteiger partial charge on any atom is 0.0492 e. The molecule has 0 aliphatic rings. The molecule has 80 valence electrons. The highest BCUT2D eigenvalue weighted by atomic mass is 35.5. The van der Waals surface area contributed by atoms with Crippen LogP contribution in [-0.2, 0) is 13.5 Å². The lowest BCUT2D eigenvalue weighted by molar-refractivity contribution is 0.620. The van der Waals surface area contributed by atoms with Crippen LogP contribution in [0.5, 0.6) is 0 Å². The Morgan fingerprint density at radius 3 is 2.93 bits per heavy atom. The van der Waals surface area contributed by atoms with E-state index in [2.05, 4.69) is 10.4 Å². The van der Waals surface area contributed by atoms with Crippen LogP contribution >= 0.6 is 11.6 Å². The predicted molar refractivity (Wildman–Crippen MR) is 59.7 cm³/mol.